The van der Waals surface area contributed by atoms with Gasteiger partial charge in [0.05, 0.1) is 6.61 Å². The molecule has 3 rings (SSSR count). The molecule has 0 aliphatic heterocycles. The van der Waals surface area contributed by atoms with Crippen molar-refractivity contribution in [1.82, 2.24) is 4.98 Å². The van der Waals surface area contributed by atoms with E-state index in [0.717, 1.165) is 5.75 Å². The van der Waals surface area contributed by atoms with Gasteiger partial charge in [-0.15, -0.1) is 0 Å². The van der Waals surface area contributed by atoms with Gasteiger partial charge in [0.2, 0.25) is 0 Å². The molecule has 1 N–H and O–H groups in total. The average Bonchev–Trinajstić information content (AvgIpc) is 2.73. The van der Waals surface area contributed by atoms with Gasteiger partial charge in [-0.2, -0.15) is 0 Å². The van der Waals surface area contributed by atoms with Gasteiger partial charge in [-0.1, -0.05) is 24.3 Å². The van der Waals surface area contributed by atoms with Crippen molar-refractivity contribution >= 4 is 11.7 Å². The number of carbonyl (C=O) groups is 1. The summed E-state index contributed by atoms with van der Waals surface area (Å²) in [5, 5.41) is 2.75. The molecule has 0 aliphatic rings. The molecule has 144 valence electrons. The van der Waals surface area contributed by atoms with Crippen LogP contribution in [-0.4, -0.2) is 30.7 Å². The molecule has 1 amide bonds. The molecule has 6 nitrogen and oxygen atoms in total. The van der Waals surface area contributed by atoms with Gasteiger partial charge >= 0.3 is 0 Å². The normalized spacial score (nSPS) is 10.2. The quantitative estimate of drug-likeness (QED) is 0.566. The summed E-state index contributed by atoms with van der Waals surface area (Å²) in [6.45, 7) is 3.09. The van der Waals surface area contributed by atoms with Crippen LogP contribution < -0.4 is 19.5 Å². The maximum atomic E-state index is 12.4. The molecule has 1 heterocycles. The maximum absolute atomic E-state index is 12.4. The summed E-state index contributed by atoms with van der Waals surface area (Å²) in [5.74, 6) is 2.09. The molecular weight excluding hydrogens is 356 g/mol. The first-order valence-corrected chi connectivity index (χ1v) is 9.06. The van der Waals surface area contributed by atoms with Gasteiger partial charge in [0.15, 0.2) is 11.5 Å². The van der Waals surface area contributed by atoms with E-state index >= 15 is 0 Å². The van der Waals surface area contributed by atoms with Gasteiger partial charge in [0.25, 0.3) is 5.91 Å². The number of hydrogen-bond acceptors (Lipinski definition) is 5. The van der Waals surface area contributed by atoms with Crippen LogP contribution in [0.5, 0.6) is 17.2 Å². The Morgan fingerprint density at radius 3 is 2.43 bits per heavy atom. The molecule has 0 fully saturated rings. The van der Waals surface area contributed by atoms with E-state index in [1.165, 1.54) is 0 Å². The summed E-state index contributed by atoms with van der Waals surface area (Å²) in [7, 11) is 0. The fraction of sp³-hybridized carbons (Fsp3) is 0.182. The third-order valence-electron chi connectivity index (χ3n) is 3.77. The largest absolute Gasteiger partial charge is 0.490 e. The number of nitrogens with zero attached hydrogens (tertiary/aromatic N) is 1. The Labute approximate surface area is 164 Å². The molecule has 3 aromatic rings. The zero-order chi connectivity index (χ0) is 19.6. The molecule has 2 aromatic carbocycles. The maximum Gasteiger partial charge on any atom is 0.256 e. The number of amides is 1. The van der Waals surface area contributed by atoms with Crippen molar-refractivity contribution in [2.45, 2.75) is 6.92 Å². The predicted molar refractivity (Wildman–Crippen MR) is 107 cm³/mol. The molecule has 0 atom stereocenters. The number of aromatic nitrogens is 1. The van der Waals surface area contributed by atoms with Crippen LogP contribution in [0.3, 0.4) is 0 Å². The summed E-state index contributed by atoms with van der Waals surface area (Å²) in [6, 6.07) is 19.9. The first kappa shape index (κ1) is 19.2. The summed E-state index contributed by atoms with van der Waals surface area (Å²) in [4.78, 5) is 16.5. The number of carbonyl (C=O) groups excluding carboxylic acids is 1. The number of benzene rings is 2. The molecule has 0 saturated carbocycles. The molecule has 0 spiro atoms. The number of rotatable bonds is 9. The zero-order valence-electron chi connectivity index (χ0n) is 15.6. The van der Waals surface area contributed by atoms with E-state index in [-0.39, 0.29) is 5.91 Å². The smallest absolute Gasteiger partial charge is 0.256 e. The molecule has 0 saturated heterocycles. The van der Waals surface area contributed by atoms with Crippen LogP contribution in [0, 0.1) is 0 Å². The second-order valence-corrected chi connectivity index (χ2v) is 5.77. The third-order valence-corrected chi connectivity index (χ3v) is 3.77. The van der Waals surface area contributed by atoms with E-state index in [9.17, 15) is 4.79 Å². The number of anilines is 1. The number of pyridine rings is 1. The van der Waals surface area contributed by atoms with Crippen molar-refractivity contribution in [3.05, 3.63) is 78.5 Å². The van der Waals surface area contributed by atoms with Crippen molar-refractivity contribution in [2.75, 3.05) is 25.1 Å². The van der Waals surface area contributed by atoms with Crippen LogP contribution in [0.25, 0.3) is 0 Å². The van der Waals surface area contributed by atoms with Gasteiger partial charge in [-0.05, 0) is 49.4 Å². The topological polar surface area (TPSA) is 69.7 Å². The number of ether oxygens (including phenoxy) is 3. The molecule has 0 aliphatic carbocycles. The summed E-state index contributed by atoms with van der Waals surface area (Å²) >= 11 is 0. The van der Waals surface area contributed by atoms with Crippen molar-refractivity contribution in [1.29, 1.82) is 0 Å². The molecule has 0 unspecified atom stereocenters. The lowest BCUT2D eigenvalue weighted by Crippen LogP contribution is -2.14. The summed E-state index contributed by atoms with van der Waals surface area (Å²) in [5.41, 5.74) is 0.460. The zero-order valence-corrected chi connectivity index (χ0v) is 15.6. The highest BCUT2D eigenvalue weighted by Crippen LogP contribution is 2.29. The second-order valence-electron chi connectivity index (χ2n) is 5.77. The predicted octanol–water partition coefficient (Wildman–Crippen LogP) is 4.19. The van der Waals surface area contributed by atoms with Crippen LogP contribution in [0.2, 0.25) is 0 Å². The molecule has 0 bridgehead atoms. The van der Waals surface area contributed by atoms with E-state index < -0.39 is 0 Å². The Hall–Kier alpha value is -3.54. The number of para-hydroxylation sites is 1. The Morgan fingerprint density at radius 2 is 1.68 bits per heavy atom. The lowest BCUT2D eigenvalue weighted by atomic mass is 10.2. The minimum Gasteiger partial charge on any atom is -0.490 e. The Morgan fingerprint density at radius 1 is 0.893 bits per heavy atom. The number of hydrogen-bond donors (Lipinski definition) is 1. The fourth-order valence-electron chi connectivity index (χ4n) is 2.49. The van der Waals surface area contributed by atoms with Crippen molar-refractivity contribution in [3.63, 3.8) is 0 Å². The van der Waals surface area contributed by atoms with Gasteiger partial charge < -0.3 is 19.5 Å². The molecule has 28 heavy (non-hydrogen) atoms. The minimum absolute atomic E-state index is 0.265. The Bertz CT molecular complexity index is 886. The third kappa shape index (κ3) is 5.48. The molecule has 0 radical (unpaired) electrons. The van der Waals surface area contributed by atoms with Gasteiger partial charge in [0, 0.05) is 11.8 Å². The molecule has 6 heteroatoms. The number of nitrogens with one attached hydrogen (secondary N) is 1. The first-order valence-electron chi connectivity index (χ1n) is 9.06. The molecule has 1 aromatic heterocycles. The van der Waals surface area contributed by atoms with Crippen LogP contribution >= 0.6 is 0 Å². The summed E-state index contributed by atoms with van der Waals surface area (Å²) in [6.07, 6.45) is 1.62. The van der Waals surface area contributed by atoms with E-state index in [2.05, 4.69) is 10.3 Å². The van der Waals surface area contributed by atoms with Gasteiger partial charge in [-0.3, -0.25) is 4.79 Å². The minimum atomic E-state index is -0.265. The highest BCUT2D eigenvalue weighted by Gasteiger charge is 2.12. The highest BCUT2D eigenvalue weighted by atomic mass is 16.5. The fourth-order valence-corrected chi connectivity index (χ4v) is 2.49. The highest BCUT2D eigenvalue weighted by molar-refractivity contribution is 6.04. The van der Waals surface area contributed by atoms with Crippen molar-refractivity contribution in [3.8, 4) is 17.2 Å². The van der Waals surface area contributed by atoms with Crippen LogP contribution in [0.4, 0.5) is 5.82 Å². The average molecular weight is 378 g/mol. The standard InChI is InChI=1S/C22H22N2O4/c1-2-26-20-16-17(22(25)24-21-10-6-7-13-23-21)11-12-19(20)28-15-14-27-18-8-4-3-5-9-18/h3-13,16H,2,14-15H2,1H3,(H,23,24,25). The monoisotopic (exact) mass is 378 g/mol. The van der Waals surface area contributed by atoms with E-state index in [1.54, 1.807) is 36.5 Å². The second kappa shape index (κ2) is 9.97. The van der Waals surface area contributed by atoms with E-state index in [0.29, 0.717) is 42.7 Å². The van der Waals surface area contributed by atoms with Gasteiger partial charge in [-0.25, -0.2) is 4.98 Å². The Balaban J connectivity index is 1.61. The Kier molecular flexibility index (Phi) is 6.84. The SMILES string of the molecule is CCOc1cc(C(=O)Nc2ccccn2)ccc1OCCOc1ccccc1. The lowest BCUT2D eigenvalue weighted by molar-refractivity contribution is 0.102. The van der Waals surface area contributed by atoms with E-state index in [4.69, 9.17) is 14.2 Å². The van der Waals surface area contributed by atoms with Crippen LogP contribution in [0.15, 0.2) is 72.9 Å². The lowest BCUT2D eigenvalue weighted by Gasteiger charge is -2.14. The van der Waals surface area contributed by atoms with Crippen molar-refractivity contribution < 1.29 is 19.0 Å². The van der Waals surface area contributed by atoms with Crippen molar-refractivity contribution in [2.24, 2.45) is 0 Å². The van der Waals surface area contributed by atoms with Gasteiger partial charge in [0.1, 0.15) is 24.8 Å². The van der Waals surface area contributed by atoms with E-state index in [1.807, 2.05) is 43.3 Å². The summed E-state index contributed by atoms with van der Waals surface area (Å²) < 4.78 is 17.0. The van der Waals surface area contributed by atoms with Crippen LogP contribution in [0.1, 0.15) is 17.3 Å². The first-order chi connectivity index (χ1) is 13.8. The molecular formula is C22H22N2O4. The van der Waals surface area contributed by atoms with Crippen LogP contribution in [-0.2, 0) is 0 Å².